The molecule has 0 fully saturated rings. The maximum absolute atomic E-state index is 14.0. The minimum atomic E-state index is -1.01. The van der Waals surface area contributed by atoms with Gasteiger partial charge in [-0.3, -0.25) is 0 Å². The summed E-state index contributed by atoms with van der Waals surface area (Å²) in [6.07, 6.45) is 1.57. The van der Waals surface area contributed by atoms with E-state index in [1.54, 1.807) is 60.7 Å². The van der Waals surface area contributed by atoms with Crippen LogP contribution in [0.3, 0.4) is 0 Å². The Balaban J connectivity index is 1.83. The number of allylic oxidation sites excluding steroid dienone is 1. The molecule has 0 saturated carbocycles. The average molecular weight is 403 g/mol. The Kier molecular flexibility index (Phi) is 6.46. The summed E-state index contributed by atoms with van der Waals surface area (Å²) >= 11 is 0. The molecular formula is C24H18FNO4. The normalized spacial score (nSPS) is 10.9. The Hall–Kier alpha value is -4.11. The van der Waals surface area contributed by atoms with Crippen LogP contribution in [0.5, 0.6) is 11.5 Å². The van der Waals surface area contributed by atoms with E-state index >= 15 is 0 Å². The van der Waals surface area contributed by atoms with Gasteiger partial charge >= 0.3 is 5.97 Å². The van der Waals surface area contributed by atoms with Gasteiger partial charge in [-0.15, -0.1) is 0 Å². The fourth-order valence-corrected chi connectivity index (χ4v) is 2.86. The van der Waals surface area contributed by atoms with Crippen molar-refractivity contribution in [2.45, 2.75) is 6.61 Å². The first-order valence-electron chi connectivity index (χ1n) is 9.01. The summed E-state index contributed by atoms with van der Waals surface area (Å²) in [5.74, 6) is -0.585. The lowest BCUT2D eigenvalue weighted by Crippen LogP contribution is -2.01. The van der Waals surface area contributed by atoms with E-state index in [1.165, 1.54) is 19.2 Å². The number of hydrogen-bond acceptors (Lipinski definition) is 4. The molecule has 0 aromatic heterocycles. The topological polar surface area (TPSA) is 79.5 Å². The fraction of sp³-hybridized carbons (Fsp3) is 0.0833. The number of halogens is 1. The molecular weight excluding hydrogens is 385 g/mol. The summed E-state index contributed by atoms with van der Waals surface area (Å²) in [5, 5.41) is 18.5. The van der Waals surface area contributed by atoms with Crippen molar-refractivity contribution in [3.8, 4) is 17.6 Å². The second kappa shape index (κ2) is 9.39. The van der Waals surface area contributed by atoms with Crippen LogP contribution in [0.4, 0.5) is 4.39 Å². The highest BCUT2D eigenvalue weighted by Crippen LogP contribution is 2.31. The van der Waals surface area contributed by atoms with Crippen LogP contribution in [-0.4, -0.2) is 18.2 Å². The molecule has 0 spiro atoms. The number of carbonyl (C=O) groups is 1. The summed E-state index contributed by atoms with van der Waals surface area (Å²) in [4.78, 5) is 11.1. The lowest BCUT2D eigenvalue weighted by atomic mass is 10.0. The lowest BCUT2D eigenvalue weighted by molar-refractivity contribution is 0.0696. The number of carboxylic acid groups (broad SMARTS) is 1. The third-order valence-corrected chi connectivity index (χ3v) is 4.35. The van der Waals surface area contributed by atoms with Gasteiger partial charge in [0.15, 0.2) is 11.5 Å². The van der Waals surface area contributed by atoms with Crippen LogP contribution >= 0.6 is 0 Å². The molecule has 0 heterocycles. The molecule has 5 nitrogen and oxygen atoms in total. The van der Waals surface area contributed by atoms with Crippen molar-refractivity contribution in [2.24, 2.45) is 0 Å². The van der Waals surface area contributed by atoms with Crippen LogP contribution in [0.1, 0.15) is 27.0 Å². The summed E-state index contributed by atoms with van der Waals surface area (Å²) in [5.41, 5.74) is 1.94. The summed E-state index contributed by atoms with van der Waals surface area (Å²) < 4.78 is 25.2. The SMILES string of the molecule is COc1cc(/C=C(/C#N)c2ccccc2F)ccc1OCc1cccc(C(=O)O)c1. The van der Waals surface area contributed by atoms with Crippen molar-refractivity contribution < 1.29 is 23.8 Å². The Bertz CT molecular complexity index is 1150. The molecule has 6 heteroatoms. The minimum Gasteiger partial charge on any atom is -0.493 e. The fourth-order valence-electron chi connectivity index (χ4n) is 2.86. The van der Waals surface area contributed by atoms with Crippen molar-refractivity contribution in [3.63, 3.8) is 0 Å². The van der Waals surface area contributed by atoms with Crippen LogP contribution in [0.2, 0.25) is 0 Å². The van der Waals surface area contributed by atoms with E-state index in [4.69, 9.17) is 14.6 Å². The van der Waals surface area contributed by atoms with E-state index in [-0.39, 0.29) is 23.3 Å². The number of nitrogens with zero attached hydrogens (tertiary/aromatic N) is 1. The molecule has 3 aromatic rings. The Morgan fingerprint density at radius 3 is 2.60 bits per heavy atom. The zero-order valence-corrected chi connectivity index (χ0v) is 16.1. The molecule has 0 aliphatic heterocycles. The van der Waals surface area contributed by atoms with E-state index in [0.29, 0.717) is 22.6 Å². The third-order valence-electron chi connectivity index (χ3n) is 4.35. The lowest BCUT2D eigenvalue weighted by Gasteiger charge is -2.12. The second-order valence-corrected chi connectivity index (χ2v) is 6.35. The summed E-state index contributed by atoms with van der Waals surface area (Å²) in [6, 6.07) is 19.7. The van der Waals surface area contributed by atoms with Gasteiger partial charge in [0.25, 0.3) is 0 Å². The maximum Gasteiger partial charge on any atom is 0.335 e. The van der Waals surface area contributed by atoms with E-state index in [2.05, 4.69) is 0 Å². The molecule has 0 aliphatic rings. The number of aromatic carboxylic acids is 1. The van der Waals surface area contributed by atoms with Crippen molar-refractivity contribution in [1.29, 1.82) is 5.26 Å². The molecule has 0 amide bonds. The van der Waals surface area contributed by atoms with Gasteiger partial charge in [0.1, 0.15) is 12.4 Å². The van der Waals surface area contributed by atoms with E-state index < -0.39 is 11.8 Å². The molecule has 0 radical (unpaired) electrons. The zero-order valence-electron chi connectivity index (χ0n) is 16.1. The highest BCUT2D eigenvalue weighted by molar-refractivity contribution is 5.90. The van der Waals surface area contributed by atoms with Crippen molar-refractivity contribution in [3.05, 3.63) is 94.8 Å². The molecule has 0 unspecified atom stereocenters. The molecule has 0 bridgehead atoms. The standard InChI is InChI=1S/C24H18FNO4/c1-29-23-13-16(11-19(14-26)20-7-2-3-8-21(20)25)9-10-22(23)30-15-17-5-4-6-18(12-17)24(27)28/h2-13H,15H2,1H3,(H,27,28)/b19-11-. The highest BCUT2D eigenvalue weighted by Gasteiger charge is 2.10. The smallest absolute Gasteiger partial charge is 0.335 e. The molecule has 3 aromatic carbocycles. The number of methoxy groups -OCH3 is 1. The van der Waals surface area contributed by atoms with E-state index in [0.717, 1.165) is 0 Å². The molecule has 0 aliphatic carbocycles. The average Bonchev–Trinajstić information content (AvgIpc) is 2.77. The quantitative estimate of drug-likeness (QED) is 0.435. The molecule has 0 saturated heterocycles. The van der Waals surface area contributed by atoms with Gasteiger partial charge in [-0.2, -0.15) is 5.26 Å². The molecule has 0 atom stereocenters. The largest absolute Gasteiger partial charge is 0.493 e. The molecule has 30 heavy (non-hydrogen) atoms. The predicted molar refractivity (Wildman–Crippen MR) is 111 cm³/mol. The minimum absolute atomic E-state index is 0.158. The Morgan fingerprint density at radius 1 is 1.10 bits per heavy atom. The Morgan fingerprint density at radius 2 is 1.90 bits per heavy atom. The highest BCUT2D eigenvalue weighted by atomic mass is 19.1. The number of benzene rings is 3. The number of ether oxygens (including phenoxy) is 2. The van der Waals surface area contributed by atoms with Crippen LogP contribution in [0, 0.1) is 17.1 Å². The zero-order chi connectivity index (χ0) is 21.5. The molecule has 3 rings (SSSR count). The molecule has 1 N–H and O–H groups in total. The molecule has 150 valence electrons. The van der Waals surface area contributed by atoms with Gasteiger partial charge in [0.05, 0.1) is 24.3 Å². The van der Waals surface area contributed by atoms with Crippen molar-refractivity contribution in [2.75, 3.05) is 7.11 Å². The van der Waals surface area contributed by atoms with Gasteiger partial charge in [0.2, 0.25) is 0 Å². The van der Waals surface area contributed by atoms with Crippen molar-refractivity contribution >= 4 is 17.6 Å². The number of nitriles is 1. The first-order chi connectivity index (χ1) is 14.5. The van der Waals surface area contributed by atoms with Crippen LogP contribution in [0.25, 0.3) is 11.6 Å². The first-order valence-corrected chi connectivity index (χ1v) is 9.01. The summed E-state index contributed by atoms with van der Waals surface area (Å²) in [7, 11) is 1.49. The predicted octanol–water partition coefficient (Wildman–Crippen LogP) is 5.18. The summed E-state index contributed by atoms with van der Waals surface area (Å²) in [6.45, 7) is 0.158. The number of hydrogen-bond donors (Lipinski definition) is 1. The van der Waals surface area contributed by atoms with Gasteiger partial charge in [0, 0.05) is 5.56 Å². The maximum atomic E-state index is 14.0. The van der Waals surface area contributed by atoms with E-state index in [9.17, 15) is 14.4 Å². The van der Waals surface area contributed by atoms with Gasteiger partial charge in [-0.1, -0.05) is 36.4 Å². The van der Waals surface area contributed by atoms with Crippen LogP contribution in [-0.2, 0) is 6.61 Å². The van der Waals surface area contributed by atoms with Gasteiger partial charge in [-0.05, 0) is 47.5 Å². The van der Waals surface area contributed by atoms with Gasteiger partial charge in [-0.25, -0.2) is 9.18 Å². The number of rotatable bonds is 7. The third kappa shape index (κ3) is 4.83. The second-order valence-electron chi connectivity index (χ2n) is 6.35. The van der Waals surface area contributed by atoms with Crippen LogP contribution in [0.15, 0.2) is 66.7 Å². The van der Waals surface area contributed by atoms with Crippen molar-refractivity contribution in [1.82, 2.24) is 0 Å². The van der Waals surface area contributed by atoms with Gasteiger partial charge < -0.3 is 14.6 Å². The first kappa shape index (κ1) is 20.6. The number of carboxylic acids is 1. The monoisotopic (exact) mass is 403 g/mol. The van der Waals surface area contributed by atoms with Crippen LogP contribution < -0.4 is 9.47 Å². The Labute approximate surface area is 173 Å². The van der Waals surface area contributed by atoms with E-state index in [1.807, 2.05) is 6.07 Å².